The van der Waals surface area contributed by atoms with Crippen LogP contribution in [0.2, 0.25) is 0 Å². The lowest BCUT2D eigenvalue weighted by Gasteiger charge is -2.27. The molecule has 0 aromatic heterocycles. The van der Waals surface area contributed by atoms with Gasteiger partial charge in [0.25, 0.3) is 0 Å². The van der Waals surface area contributed by atoms with E-state index < -0.39 is 0 Å². The molecule has 0 radical (unpaired) electrons. The SMILES string of the molecule is Cc1ccc(N(C)C(=O)C2CSCCN2)cc1. The number of likely N-dealkylation sites (N-methyl/N-ethyl adjacent to an activating group) is 1. The maximum absolute atomic E-state index is 12.2. The number of thioether (sulfide) groups is 1. The Morgan fingerprint density at radius 1 is 1.41 bits per heavy atom. The molecule has 0 aliphatic carbocycles. The lowest BCUT2D eigenvalue weighted by Crippen LogP contribution is -2.49. The van der Waals surface area contributed by atoms with E-state index in [1.54, 1.807) is 4.90 Å². The maximum Gasteiger partial charge on any atom is 0.244 e. The lowest BCUT2D eigenvalue weighted by molar-refractivity contribution is -0.119. The third kappa shape index (κ3) is 3.01. The quantitative estimate of drug-likeness (QED) is 0.866. The highest BCUT2D eigenvalue weighted by atomic mass is 32.2. The summed E-state index contributed by atoms with van der Waals surface area (Å²) in [6.07, 6.45) is 0. The average Bonchev–Trinajstić information content (AvgIpc) is 2.39. The largest absolute Gasteiger partial charge is 0.314 e. The predicted molar refractivity (Wildman–Crippen MR) is 73.7 cm³/mol. The van der Waals surface area contributed by atoms with Gasteiger partial charge < -0.3 is 10.2 Å². The third-order valence-electron chi connectivity index (χ3n) is 2.97. The van der Waals surface area contributed by atoms with Crippen molar-refractivity contribution in [1.82, 2.24) is 5.32 Å². The van der Waals surface area contributed by atoms with Crippen LogP contribution in [0.15, 0.2) is 24.3 Å². The number of hydrogen-bond donors (Lipinski definition) is 1. The summed E-state index contributed by atoms with van der Waals surface area (Å²) in [5.74, 6) is 2.12. The molecule has 1 amide bonds. The molecule has 1 heterocycles. The topological polar surface area (TPSA) is 32.3 Å². The Balaban J connectivity index is 2.05. The Kier molecular flexibility index (Phi) is 4.07. The number of anilines is 1. The molecule has 0 spiro atoms. The zero-order valence-electron chi connectivity index (χ0n) is 10.3. The van der Waals surface area contributed by atoms with Crippen LogP contribution in [-0.2, 0) is 4.79 Å². The number of nitrogens with zero attached hydrogens (tertiary/aromatic N) is 1. The first-order valence-electron chi connectivity index (χ1n) is 5.84. The van der Waals surface area contributed by atoms with Gasteiger partial charge >= 0.3 is 0 Å². The molecule has 1 atom stereocenters. The summed E-state index contributed by atoms with van der Waals surface area (Å²) >= 11 is 1.84. The van der Waals surface area contributed by atoms with E-state index in [-0.39, 0.29) is 11.9 Å². The first-order valence-corrected chi connectivity index (χ1v) is 6.99. The molecule has 0 bridgehead atoms. The molecule has 1 aromatic rings. The van der Waals surface area contributed by atoms with E-state index in [4.69, 9.17) is 0 Å². The van der Waals surface area contributed by atoms with Crippen molar-refractivity contribution >= 4 is 23.4 Å². The zero-order chi connectivity index (χ0) is 12.3. The molecular formula is C13H18N2OS. The van der Waals surface area contributed by atoms with Crippen LogP contribution in [0.4, 0.5) is 5.69 Å². The predicted octanol–water partition coefficient (Wildman–Crippen LogP) is 1.66. The smallest absolute Gasteiger partial charge is 0.244 e. The molecule has 1 saturated heterocycles. The number of amides is 1. The summed E-state index contributed by atoms with van der Waals surface area (Å²) in [6.45, 7) is 2.97. The Bertz CT molecular complexity index is 385. The number of benzene rings is 1. The molecule has 1 aliphatic heterocycles. The van der Waals surface area contributed by atoms with Crippen LogP contribution in [0, 0.1) is 6.92 Å². The summed E-state index contributed by atoms with van der Waals surface area (Å²) in [5, 5.41) is 3.27. The van der Waals surface area contributed by atoms with Crippen LogP contribution < -0.4 is 10.2 Å². The molecule has 1 fully saturated rings. The monoisotopic (exact) mass is 250 g/mol. The molecule has 1 aromatic carbocycles. The fourth-order valence-electron chi connectivity index (χ4n) is 1.85. The Hall–Kier alpha value is -1.00. The van der Waals surface area contributed by atoms with Gasteiger partial charge in [-0.3, -0.25) is 4.79 Å². The van der Waals surface area contributed by atoms with Crippen molar-refractivity contribution in [1.29, 1.82) is 0 Å². The third-order valence-corrected chi connectivity index (χ3v) is 4.03. The molecular weight excluding hydrogens is 232 g/mol. The standard InChI is InChI=1S/C13H18N2OS/c1-10-3-5-11(6-4-10)15(2)13(16)12-9-17-8-7-14-12/h3-6,12,14H,7-9H2,1-2H3. The summed E-state index contributed by atoms with van der Waals surface area (Å²) < 4.78 is 0. The molecule has 2 rings (SSSR count). The highest BCUT2D eigenvalue weighted by Crippen LogP contribution is 2.16. The number of rotatable bonds is 2. The summed E-state index contributed by atoms with van der Waals surface area (Å²) in [5.41, 5.74) is 2.17. The van der Waals surface area contributed by atoms with E-state index in [9.17, 15) is 4.79 Å². The number of carbonyl (C=O) groups excluding carboxylic acids is 1. The van der Waals surface area contributed by atoms with Crippen molar-refractivity contribution in [3.8, 4) is 0 Å². The molecule has 3 nitrogen and oxygen atoms in total. The van der Waals surface area contributed by atoms with E-state index in [2.05, 4.69) is 5.32 Å². The Labute approximate surface area is 107 Å². The second kappa shape index (κ2) is 5.56. The molecule has 1 N–H and O–H groups in total. The van der Waals surface area contributed by atoms with E-state index in [0.717, 1.165) is 23.7 Å². The zero-order valence-corrected chi connectivity index (χ0v) is 11.1. The average molecular weight is 250 g/mol. The van der Waals surface area contributed by atoms with Crippen LogP contribution in [-0.4, -0.2) is 37.0 Å². The van der Waals surface area contributed by atoms with Gasteiger partial charge in [-0.2, -0.15) is 11.8 Å². The Morgan fingerprint density at radius 2 is 2.12 bits per heavy atom. The van der Waals surface area contributed by atoms with Crippen molar-refractivity contribution in [2.75, 3.05) is 30.0 Å². The molecule has 92 valence electrons. The molecule has 4 heteroatoms. The lowest BCUT2D eigenvalue weighted by atomic mass is 10.2. The molecule has 17 heavy (non-hydrogen) atoms. The van der Waals surface area contributed by atoms with Crippen molar-refractivity contribution < 1.29 is 4.79 Å². The van der Waals surface area contributed by atoms with Crippen molar-refractivity contribution in [2.45, 2.75) is 13.0 Å². The van der Waals surface area contributed by atoms with Crippen LogP contribution in [0.5, 0.6) is 0 Å². The molecule has 1 aliphatic rings. The molecule has 0 saturated carbocycles. The Morgan fingerprint density at radius 3 is 2.71 bits per heavy atom. The second-order valence-electron chi connectivity index (χ2n) is 4.31. The van der Waals surface area contributed by atoms with Crippen LogP contribution in [0.1, 0.15) is 5.56 Å². The van der Waals surface area contributed by atoms with Crippen molar-refractivity contribution in [3.63, 3.8) is 0 Å². The minimum atomic E-state index is -0.0416. The van der Waals surface area contributed by atoms with Gasteiger partial charge in [0.15, 0.2) is 0 Å². The van der Waals surface area contributed by atoms with Crippen molar-refractivity contribution in [3.05, 3.63) is 29.8 Å². The fourth-order valence-corrected chi connectivity index (χ4v) is 2.78. The highest BCUT2D eigenvalue weighted by Gasteiger charge is 2.24. The number of hydrogen-bond acceptors (Lipinski definition) is 3. The first kappa shape index (κ1) is 12.5. The van der Waals surface area contributed by atoms with Gasteiger partial charge in [-0.1, -0.05) is 17.7 Å². The van der Waals surface area contributed by atoms with Gasteiger partial charge in [-0.05, 0) is 19.1 Å². The van der Waals surface area contributed by atoms with Gasteiger partial charge in [0, 0.05) is 30.8 Å². The van der Waals surface area contributed by atoms with Crippen LogP contribution >= 0.6 is 11.8 Å². The normalized spacial score (nSPS) is 20.0. The number of nitrogens with one attached hydrogen (secondary N) is 1. The van der Waals surface area contributed by atoms with Crippen LogP contribution in [0.3, 0.4) is 0 Å². The van der Waals surface area contributed by atoms with Gasteiger partial charge in [-0.15, -0.1) is 0 Å². The minimum absolute atomic E-state index is 0.0416. The summed E-state index contributed by atoms with van der Waals surface area (Å²) in [7, 11) is 1.84. The summed E-state index contributed by atoms with van der Waals surface area (Å²) in [4.78, 5) is 14.0. The van der Waals surface area contributed by atoms with E-state index in [1.165, 1.54) is 5.56 Å². The van der Waals surface area contributed by atoms with Gasteiger partial charge in [0.05, 0.1) is 6.04 Å². The van der Waals surface area contributed by atoms with E-state index >= 15 is 0 Å². The highest BCUT2D eigenvalue weighted by molar-refractivity contribution is 7.99. The van der Waals surface area contributed by atoms with E-state index in [1.807, 2.05) is 50.0 Å². The maximum atomic E-state index is 12.2. The summed E-state index contributed by atoms with van der Waals surface area (Å²) in [6, 6.07) is 8.00. The van der Waals surface area contributed by atoms with Gasteiger partial charge in [-0.25, -0.2) is 0 Å². The fraction of sp³-hybridized carbons (Fsp3) is 0.462. The second-order valence-corrected chi connectivity index (χ2v) is 5.46. The van der Waals surface area contributed by atoms with Crippen LogP contribution in [0.25, 0.3) is 0 Å². The number of carbonyl (C=O) groups is 1. The van der Waals surface area contributed by atoms with Crippen molar-refractivity contribution in [2.24, 2.45) is 0 Å². The molecule has 1 unspecified atom stereocenters. The van der Waals surface area contributed by atoms with Gasteiger partial charge in [0.2, 0.25) is 5.91 Å². The van der Waals surface area contributed by atoms with Gasteiger partial charge in [0.1, 0.15) is 0 Å². The van der Waals surface area contributed by atoms with E-state index in [0.29, 0.717) is 0 Å². The number of aryl methyl sites for hydroxylation is 1. The minimum Gasteiger partial charge on any atom is -0.314 e. The first-order chi connectivity index (χ1) is 8.18.